The van der Waals surface area contributed by atoms with Crippen molar-refractivity contribution in [3.63, 3.8) is 0 Å². The van der Waals surface area contributed by atoms with Gasteiger partial charge in [0.1, 0.15) is 23.8 Å². The summed E-state index contributed by atoms with van der Waals surface area (Å²) in [5.74, 6) is 0.219. The summed E-state index contributed by atoms with van der Waals surface area (Å²) in [6.45, 7) is -0.285. The summed E-state index contributed by atoms with van der Waals surface area (Å²) in [6, 6.07) is 10.2. The van der Waals surface area contributed by atoms with Crippen LogP contribution >= 0.6 is 0 Å². The number of nitrogens with one attached hydrogen (secondary N) is 1. The van der Waals surface area contributed by atoms with Gasteiger partial charge in [-0.25, -0.2) is 14.3 Å². The lowest BCUT2D eigenvalue weighted by molar-refractivity contribution is -0.384. The minimum Gasteiger partial charge on any atom is -0.494 e. The maximum Gasteiger partial charge on any atom is 0.406 e. The van der Waals surface area contributed by atoms with E-state index in [-0.39, 0.29) is 39.9 Å². The molecule has 4 rings (SSSR count). The number of aromatic nitrogens is 4. The Labute approximate surface area is 226 Å². The molecule has 0 aliphatic carbocycles. The predicted octanol–water partition coefficient (Wildman–Crippen LogP) is 3.80. The molecule has 12 nitrogen and oxygen atoms in total. The van der Waals surface area contributed by atoms with Gasteiger partial charge in [0.2, 0.25) is 5.95 Å². The predicted molar refractivity (Wildman–Crippen MR) is 144 cm³/mol. The van der Waals surface area contributed by atoms with Crippen LogP contribution in [0, 0.1) is 10.1 Å². The highest BCUT2D eigenvalue weighted by Crippen LogP contribution is 2.39. The van der Waals surface area contributed by atoms with E-state index in [1.54, 1.807) is 18.0 Å². The maximum absolute atomic E-state index is 13.2. The molecule has 0 atom stereocenters. The Hall–Kier alpha value is -4.66. The van der Waals surface area contributed by atoms with Gasteiger partial charge in [-0.2, -0.15) is 18.2 Å². The number of likely N-dealkylation sites (N-methyl/N-ethyl adjacent to an activating group) is 2. The lowest BCUT2D eigenvalue weighted by Crippen LogP contribution is -2.29. The molecule has 212 valence electrons. The molecule has 0 bridgehead atoms. The lowest BCUT2D eigenvalue weighted by atomic mass is 10.2. The molecule has 0 fully saturated rings. The Morgan fingerprint density at radius 3 is 2.42 bits per heavy atom. The number of para-hydroxylation sites is 2. The average Bonchev–Trinajstić information content (AvgIpc) is 3.16. The summed E-state index contributed by atoms with van der Waals surface area (Å²) in [7, 11) is 6.93. The van der Waals surface area contributed by atoms with Crippen LogP contribution in [0.15, 0.2) is 53.5 Å². The number of halogens is 3. The number of hydrogen-bond acceptors (Lipinski definition) is 9. The minimum absolute atomic E-state index is 0.00753. The van der Waals surface area contributed by atoms with E-state index < -0.39 is 23.3 Å². The first kappa shape index (κ1) is 28.4. The molecule has 15 heteroatoms. The highest BCUT2D eigenvalue weighted by Gasteiger charge is 2.31. The third kappa shape index (κ3) is 5.98. The number of ether oxygens (including phenoxy) is 1. The number of alkyl halides is 3. The number of nitro groups is 1. The zero-order chi connectivity index (χ0) is 29.2. The molecule has 0 aliphatic rings. The lowest BCUT2D eigenvalue weighted by Gasteiger charge is -2.22. The van der Waals surface area contributed by atoms with E-state index in [0.717, 1.165) is 4.57 Å². The highest BCUT2D eigenvalue weighted by molar-refractivity contribution is 5.78. The van der Waals surface area contributed by atoms with E-state index in [0.29, 0.717) is 23.3 Å². The fourth-order valence-electron chi connectivity index (χ4n) is 4.16. The average molecular weight is 561 g/mol. The van der Waals surface area contributed by atoms with Crippen molar-refractivity contribution in [3.05, 3.63) is 69.3 Å². The number of rotatable bonds is 10. The summed E-state index contributed by atoms with van der Waals surface area (Å²) < 4.78 is 46.8. The molecule has 40 heavy (non-hydrogen) atoms. The van der Waals surface area contributed by atoms with Gasteiger partial charge >= 0.3 is 11.9 Å². The van der Waals surface area contributed by atoms with Crippen molar-refractivity contribution in [2.45, 2.75) is 12.7 Å². The zero-order valence-corrected chi connectivity index (χ0v) is 22.1. The number of hydrogen-bond donors (Lipinski definition) is 1. The van der Waals surface area contributed by atoms with Crippen LogP contribution < -0.4 is 20.6 Å². The molecule has 0 unspecified atom stereocenters. The first-order chi connectivity index (χ1) is 18.9. The third-order valence-electron chi connectivity index (χ3n) is 6.08. The van der Waals surface area contributed by atoms with E-state index in [9.17, 15) is 28.1 Å². The second-order valence-corrected chi connectivity index (χ2v) is 9.19. The SMILES string of the molecule is COc1cc(N(C)CCN(C)C)c([N+](=O)[O-])cc1Nc1nccc(-n2c(=O)n(CC(F)(F)F)c3ccccc32)n1. The van der Waals surface area contributed by atoms with Crippen LogP contribution in [0.3, 0.4) is 0 Å². The zero-order valence-electron chi connectivity index (χ0n) is 22.1. The molecule has 0 saturated carbocycles. The van der Waals surface area contributed by atoms with Crippen molar-refractivity contribution in [2.75, 3.05) is 51.6 Å². The summed E-state index contributed by atoms with van der Waals surface area (Å²) >= 11 is 0. The number of methoxy groups -OCH3 is 1. The van der Waals surface area contributed by atoms with Crippen molar-refractivity contribution in [1.29, 1.82) is 0 Å². The molecular formula is C25H27F3N8O4. The number of nitrogens with zero attached hydrogens (tertiary/aromatic N) is 7. The van der Waals surface area contributed by atoms with Gasteiger partial charge in [-0.1, -0.05) is 12.1 Å². The van der Waals surface area contributed by atoms with E-state index in [4.69, 9.17) is 4.74 Å². The first-order valence-electron chi connectivity index (χ1n) is 12.0. The summed E-state index contributed by atoms with van der Waals surface area (Å²) in [5.41, 5.74) is -0.284. The van der Waals surface area contributed by atoms with Gasteiger partial charge in [0.25, 0.3) is 5.69 Å². The van der Waals surface area contributed by atoms with Gasteiger partial charge in [0.05, 0.1) is 28.8 Å². The molecule has 1 N–H and O–H groups in total. The van der Waals surface area contributed by atoms with Crippen LogP contribution in [-0.2, 0) is 6.54 Å². The Balaban J connectivity index is 1.75. The fourth-order valence-corrected chi connectivity index (χ4v) is 4.16. The largest absolute Gasteiger partial charge is 0.494 e. The van der Waals surface area contributed by atoms with Crippen molar-refractivity contribution in [3.8, 4) is 11.6 Å². The normalized spacial score (nSPS) is 11.7. The molecule has 2 heterocycles. The van der Waals surface area contributed by atoms with Gasteiger partial charge in [-0.05, 0) is 26.2 Å². The minimum atomic E-state index is -4.62. The molecule has 4 aromatic rings. The second kappa shape index (κ2) is 11.2. The number of benzene rings is 2. The molecule has 0 radical (unpaired) electrons. The monoisotopic (exact) mass is 560 g/mol. The fraction of sp³-hybridized carbons (Fsp3) is 0.320. The quantitative estimate of drug-likeness (QED) is 0.228. The van der Waals surface area contributed by atoms with Gasteiger partial charge in [-0.15, -0.1) is 0 Å². The van der Waals surface area contributed by atoms with E-state index in [2.05, 4.69) is 15.3 Å². The van der Waals surface area contributed by atoms with Crippen LogP contribution in [0.2, 0.25) is 0 Å². The van der Waals surface area contributed by atoms with Crippen LogP contribution in [0.5, 0.6) is 5.75 Å². The van der Waals surface area contributed by atoms with Gasteiger partial charge < -0.3 is 19.9 Å². The maximum atomic E-state index is 13.2. The van der Waals surface area contributed by atoms with Crippen molar-refractivity contribution in [1.82, 2.24) is 24.0 Å². The van der Waals surface area contributed by atoms with Crippen molar-refractivity contribution < 1.29 is 22.8 Å². The molecule has 2 aromatic carbocycles. The highest BCUT2D eigenvalue weighted by atomic mass is 19.4. The van der Waals surface area contributed by atoms with Crippen molar-refractivity contribution >= 4 is 34.0 Å². The van der Waals surface area contributed by atoms with Crippen LogP contribution in [0.4, 0.5) is 36.2 Å². The number of fused-ring (bicyclic) bond motifs is 1. The van der Waals surface area contributed by atoms with Crippen molar-refractivity contribution in [2.24, 2.45) is 0 Å². The summed E-state index contributed by atoms with van der Waals surface area (Å²) in [5, 5.41) is 14.8. The Kier molecular flexibility index (Phi) is 7.95. The van der Waals surface area contributed by atoms with E-state index in [1.807, 2.05) is 19.0 Å². The second-order valence-electron chi connectivity index (χ2n) is 9.19. The molecule has 2 aromatic heterocycles. The smallest absolute Gasteiger partial charge is 0.406 e. The molecular weight excluding hydrogens is 533 g/mol. The van der Waals surface area contributed by atoms with E-state index in [1.165, 1.54) is 49.7 Å². The van der Waals surface area contributed by atoms with Crippen LogP contribution in [0.1, 0.15) is 0 Å². The standard InChI is InChI=1S/C25H27F3N8O4/c1-32(2)11-12-33(3)19-14-21(40-4)16(13-20(19)36(38)39)30-23-29-10-9-22(31-23)35-18-8-6-5-7-17(18)34(24(35)37)15-25(26,27)28/h5-10,13-14H,11-12,15H2,1-4H3,(H,29,30,31). The number of nitro benzene ring substituents is 1. The number of anilines is 3. The van der Waals surface area contributed by atoms with Gasteiger partial charge in [-0.3, -0.25) is 14.7 Å². The van der Waals surface area contributed by atoms with Gasteiger partial charge in [0.15, 0.2) is 0 Å². The van der Waals surface area contributed by atoms with Crippen LogP contribution in [-0.4, -0.2) is 76.4 Å². The van der Waals surface area contributed by atoms with Crippen LogP contribution in [0.25, 0.3) is 16.9 Å². The third-order valence-corrected chi connectivity index (χ3v) is 6.08. The first-order valence-corrected chi connectivity index (χ1v) is 12.0. The molecule has 0 aliphatic heterocycles. The Bertz CT molecular complexity index is 1600. The molecule has 0 amide bonds. The van der Waals surface area contributed by atoms with E-state index >= 15 is 0 Å². The summed E-state index contributed by atoms with van der Waals surface area (Å²) in [6.07, 6.45) is -3.30. The summed E-state index contributed by atoms with van der Waals surface area (Å²) in [4.78, 5) is 36.6. The van der Waals surface area contributed by atoms with Gasteiger partial charge in [0, 0.05) is 44.5 Å². The molecule has 0 spiro atoms. The Morgan fingerprint density at radius 2 is 1.80 bits per heavy atom. The Morgan fingerprint density at radius 1 is 1.10 bits per heavy atom. The number of imidazole rings is 1. The molecule has 0 saturated heterocycles. The topological polar surface area (TPSA) is 124 Å².